The number of fused-ring (bicyclic) bond motifs is 1. The van der Waals surface area contributed by atoms with E-state index in [1.165, 1.54) is 4.80 Å². The Hall–Kier alpha value is -3.19. The fourth-order valence-electron chi connectivity index (χ4n) is 4.57. The Labute approximate surface area is 182 Å². The predicted octanol–water partition coefficient (Wildman–Crippen LogP) is 3.29. The first kappa shape index (κ1) is 19.8. The predicted molar refractivity (Wildman–Crippen MR) is 117 cm³/mol. The molecule has 0 saturated carbocycles. The molecule has 1 atom stereocenters. The van der Waals surface area contributed by atoms with Gasteiger partial charge in [-0.25, -0.2) is 0 Å². The van der Waals surface area contributed by atoms with Crippen molar-refractivity contribution in [2.75, 3.05) is 20.1 Å². The van der Waals surface area contributed by atoms with Gasteiger partial charge in [0.2, 0.25) is 0 Å². The topological polar surface area (TPSA) is 72.3 Å². The van der Waals surface area contributed by atoms with Gasteiger partial charge in [-0.1, -0.05) is 36.4 Å². The highest BCUT2D eigenvalue weighted by molar-refractivity contribution is 5.93. The summed E-state index contributed by atoms with van der Waals surface area (Å²) >= 11 is 0. The number of hydrogen-bond donors (Lipinski definition) is 1. The van der Waals surface area contributed by atoms with Crippen molar-refractivity contribution in [3.63, 3.8) is 0 Å². The molecule has 160 valence electrons. The highest BCUT2D eigenvalue weighted by Crippen LogP contribution is 2.44. The van der Waals surface area contributed by atoms with Crippen molar-refractivity contribution in [1.82, 2.24) is 25.2 Å². The van der Waals surface area contributed by atoms with E-state index in [0.29, 0.717) is 11.4 Å². The lowest BCUT2D eigenvalue weighted by Crippen LogP contribution is -2.51. The van der Waals surface area contributed by atoms with Crippen LogP contribution in [0.4, 0.5) is 0 Å². The average molecular weight is 418 g/mol. The zero-order chi connectivity index (χ0) is 21.4. The summed E-state index contributed by atoms with van der Waals surface area (Å²) in [5.41, 5.74) is 2.57. The Morgan fingerprint density at radius 3 is 2.55 bits per heavy atom. The van der Waals surface area contributed by atoms with E-state index in [1.807, 2.05) is 61.5 Å². The van der Waals surface area contributed by atoms with E-state index < -0.39 is 0 Å². The molecule has 7 heteroatoms. The third kappa shape index (κ3) is 3.81. The molecule has 2 aliphatic rings. The number of likely N-dealkylation sites (tertiary alicyclic amines) is 1. The molecule has 0 aliphatic carbocycles. The minimum absolute atomic E-state index is 0.123. The second-order valence-electron chi connectivity index (χ2n) is 8.62. The SMILES string of the molecule is Cc1nn(-c2ccccc2)nc1C(=O)NC1CC2(CCN(C)CC2)Oc2ccccc21. The maximum absolute atomic E-state index is 13.2. The van der Waals surface area contributed by atoms with Crippen molar-refractivity contribution in [3.8, 4) is 11.4 Å². The van der Waals surface area contributed by atoms with E-state index in [4.69, 9.17) is 4.74 Å². The highest BCUT2D eigenvalue weighted by atomic mass is 16.5. The number of aryl methyl sites for hydroxylation is 1. The molecule has 31 heavy (non-hydrogen) atoms. The third-order valence-corrected chi connectivity index (χ3v) is 6.38. The summed E-state index contributed by atoms with van der Waals surface area (Å²) in [5.74, 6) is 0.665. The number of ether oxygens (including phenoxy) is 1. The van der Waals surface area contributed by atoms with E-state index in [9.17, 15) is 4.79 Å². The van der Waals surface area contributed by atoms with Crippen LogP contribution in [0.25, 0.3) is 5.69 Å². The van der Waals surface area contributed by atoms with Gasteiger partial charge in [0.25, 0.3) is 5.91 Å². The van der Waals surface area contributed by atoms with Crippen LogP contribution in [-0.4, -0.2) is 51.5 Å². The normalized spacial score (nSPS) is 20.1. The Kier molecular flexibility index (Phi) is 4.98. The summed E-state index contributed by atoms with van der Waals surface area (Å²) in [6, 6.07) is 17.5. The minimum Gasteiger partial charge on any atom is -0.487 e. The standard InChI is InChI=1S/C24H27N5O2/c1-17-22(27-29(26-17)18-8-4-3-5-9-18)23(30)25-20-16-24(12-14-28(2)15-13-24)31-21-11-7-6-10-19(20)21/h3-11,20H,12-16H2,1-2H3,(H,25,30). The Morgan fingerprint density at radius 1 is 1.06 bits per heavy atom. The average Bonchev–Trinajstić information content (AvgIpc) is 3.18. The van der Waals surface area contributed by atoms with Gasteiger partial charge in [-0.15, -0.1) is 5.10 Å². The zero-order valence-corrected chi connectivity index (χ0v) is 17.9. The highest BCUT2D eigenvalue weighted by Gasteiger charge is 2.43. The third-order valence-electron chi connectivity index (χ3n) is 6.38. The van der Waals surface area contributed by atoms with Crippen molar-refractivity contribution in [3.05, 3.63) is 71.5 Å². The smallest absolute Gasteiger partial charge is 0.274 e. The summed E-state index contributed by atoms with van der Waals surface area (Å²) in [4.78, 5) is 17.1. The molecule has 0 bridgehead atoms. The van der Waals surface area contributed by atoms with Gasteiger partial charge in [-0.05, 0) is 45.0 Å². The van der Waals surface area contributed by atoms with Crippen molar-refractivity contribution in [2.24, 2.45) is 0 Å². The summed E-state index contributed by atoms with van der Waals surface area (Å²) in [6.45, 7) is 3.80. The number of carbonyl (C=O) groups excluding carboxylic acids is 1. The van der Waals surface area contributed by atoms with Crippen LogP contribution in [0.15, 0.2) is 54.6 Å². The van der Waals surface area contributed by atoms with Gasteiger partial charge >= 0.3 is 0 Å². The maximum Gasteiger partial charge on any atom is 0.274 e. The molecule has 0 radical (unpaired) electrons. The van der Waals surface area contributed by atoms with Crippen molar-refractivity contribution < 1.29 is 9.53 Å². The molecular formula is C24H27N5O2. The summed E-state index contributed by atoms with van der Waals surface area (Å²) in [6.07, 6.45) is 2.66. The summed E-state index contributed by atoms with van der Waals surface area (Å²) in [7, 11) is 2.14. The fraction of sp³-hybridized carbons (Fsp3) is 0.375. The molecule has 1 aromatic heterocycles. The number of nitrogens with one attached hydrogen (secondary N) is 1. The maximum atomic E-state index is 13.2. The number of benzene rings is 2. The van der Waals surface area contributed by atoms with Crippen molar-refractivity contribution >= 4 is 5.91 Å². The number of piperidine rings is 1. The molecule has 1 spiro atoms. The molecule has 3 aromatic rings. The first-order chi connectivity index (χ1) is 15.0. The molecule has 3 heterocycles. The number of amides is 1. The van der Waals surface area contributed by atoms with E-state index in [1.54, 1.807) is 0 Å². The van der Waals surface area contributed by atoms with Crippen molar-refractivity contribution in [2.45, 2.75) is 37.8 Å². The number of carbonyl (C=O) groups is 1. The van der Waals surface area contributed by atoms with E-state index in [0.717, 1.165) is 49.4 Å². The molecule has 1 saturated heterocycles. The molecule has 7 nitrogen and oxygen atoms in total. The lowest BCUT2D eigenvalue weighted by atomic mass is 9.80. The first-order valence-electron chi connectivity index (χ1n) is 10.8. The number of hydrogen-bond acceptors (Lipinski definition) is 5. The first-order valence-corrected chi connectivity index (χ1v) is 10.8. The van der Waals surface area contributed by atoms with Gasteiger partial charge in [-0.2, -0.15) is 9.90 Å². The molecule has 2 aliphatic heterocycles. The fourth-order valence-corrected chi connectivity index (χ4v) is 4.57. The molecule has 2 aromatic carbocycles. The molecule has 1 N–H and O–H groups in total. The lowest BCUT2D eigenvalue weighted by Gasteiger charge is -2.46. The minimum atomic E-state index is -0.241. The second kappa shape index (κ2) is 7.81. The molecule has 5 rings (SSSR count). The quantitative estimate of drug-likeness (QED) is 0.708. The van der Waals surface area contributed by atoms with E-state index >= 15 is 0 Å². The van der Waals surface area contributed by atoms with Gasteiger partial charge in [0.15, 0.2) is 5.69 Å². The van der Waals surface area contributed by atoms with Gasteiger partial charge in [0, 0.05) is 25.1 Å². The van der Waals surface area contributed by atoms with E-state index in [2.05, 4.69) is 27.5 Å². The summed E-state index contributed by atoms with van der Waals surface area (Å²) in [5, 5.41) is 12.1. The molecule has 1 amide bonds. The van der Waals surface area contributed by atoms with Crippen LogP contribution in [0.2, 0.25) is 0 Å². The number of rotatable bonds is 3. The van der Waals surface area contributed by atoms with Crippen molar-refractivity contribution in [1.29, 1.82) is 0 Å². The Morgan fingerprint density at radius 2 is 1.77 bits per heavy atom. The van der Waals surface area contributed by atoms with Crippen LogP contribution in [0.3, 0.4) is 0 Å². The second-order valence-corrected chi connectivity index (χ2v) is 8.62. The van der Waals surface area contributed by atoms with Gasteiger partial charge in [0.05, 0.1) is 17.4 Å². The largest absolute Gasteiger partial charge is 0.487 e. The van der Waals surface area contributed by atoms with Crippen LogP contribution < -0.4 is 10.1 Å². The summed E-state index contributed by atoms with van der Waals surface area (Å²) < 4.78 is 6.50. The van der Waals surface area contributed by atoms with E-state index in [-0.39, 0.29) is 17.6 Å². The van der Waals surface area contributed by atoms with Crippen LogP contribution in [0.1, 0.15) is 47.1 Å². The zero-order valence-electron chi connectivity index (χ0n) is 17.9. The number of aromatic nitrogens is 3. The Balaban J connectivity index is 1.41. The van der Waals surface area contributed by atoms with Gasteiger partial charge in [-0.3, -0.25) is 4.79 Å². The molecule has 1 unspecified atom stereocenters. The van der Waals surface area contributed by atoms with Crippen LogP contribution in [0.5, 0.6) is 5.75 Å². The molecule has 1 fully saturated rings. The number of nitrogens with zero attached hydrogens (tertiary/aromatic N) is 4. The van der Waals surface area contributed by atoms with Gasteiger partial charge < -0.3 is 15.0 Å². The lowest BCUT2D eigenvalue weighted by molar-refractivity contribution is -0.0196. The Bertz CT molecular complexity index is 1090. The molecular weight excluding hydrogens is 390 g/mol. The van der Waals surface area contributed by atoms with Crippen LogP contribution in [0, 0.1) is 6.92 Å². The van der Waals surface area contributed by atoms with Gasteiger partial charge in [0.1, 0.15) is 11.4 Å². The monoisotopic (exact) mass is 417 g/mol. The van der Waals surface area contributed by atoms with Crippen LogP contribution >= 0.6 is 0 Å². The number of para-hydroxylation sites is 2. The van der Waals surface area contributed by atoms with Crippen LogP contribution in [-0.2, 0) is 0 Å².